The van der Waals surface area contributed by atoms with Crippen molar-refractivity contribution in [2.75, 3.05) is 26.3 Å². The molecule has 1 unspecified atom stereocenters. The third-order valence-electron chi connectivity index (χ3n) is 3.20. The van der Waals surface area contributed by atoms with Gasteiger partial charge in [0, 0.05) is 24.7 Å². The number of unbranched alkanes of at least 4 members (excludes halogenated alkanes) is 1. The zero-order valence-corrected chi connectivity index (χ0v) is 10.5. The van der Waals surface area contributed by atoms with Gasteiger partial charge in [0.15, 0.2) is 0 Å². The Morgan fingerprint density at radius 2 is 2.20 bits per heavy atom. The van der Waals surface area contributed by atoms with Crippen LogP contribution in [-0.2, 0) is 4.74 Å². The van der Waals surface area contributed by atoms with E-state index in [2.05, 4.69) is 25.7 Å². The summed E-state index contributed by atoms with van der Waals surface area (Å²) in [7, 11) is 0. The third kappa shape index (κ3) is 4.09. The molecule has 1 fully saturated rings. The first-order chi connectivity index (χ1) is 7.06. The molecule has 0 aliphatic carbocycles. The van der Waals surface area contributed by atoms with Crippen LogP contribution in [0.15, 0.2) is 0 Å². The average Bonchev–Trinajstić information content (AvgIpc) is 2.18. The normalized spacial score (nSPS) is 24.0. The van der Waals surface area contributed by atoms with E-state index >= 15 is 0 Å². The molecule has 0 saturated carbocycles. The van der Waals surface area contributed by atoms with E-state index in [1.54, 1.807) is 0 Å². The van der Waals surface area contributed by atoms with Crippen LogP contribution in [0.3, 0.4) is 0 Å². The second-order valence-corrected chi connectivity index (χ2v) is 5.21. The summed E-state index contributed by atoms with van der Waals surface area (Å²) in [6.07, 6.45) is 3.62. The quantitative estimate of drug-likeness (QED) is 0.755. The fourth-order valence-electron chi connectivity index (χ4n) is 2.07. The van der Waals surface area contributed by atoms with E-state index in [0.29, 0.717) is 6.04 Å². The summed E-state index contributed by atoms with van der Waals surface area (Å²) in [5.74, 6) is 0. The molecule has 3 heteroatoms. The van der Waals surface area contributed by atoms with E-state index in [-0.39, 0.29) is 5.54 Å². The lowest BCUT2D eigenvalue weighted by atomic mass is 10.0. The van der Waals surface area contributed by atoms with Crippen LogP contribution in [0.2, 0.25) is 0 Å². The van der Waals surface area contributed by atoms with Crippen LogP contribution in [0, 0.1) is 0 Å². The van der Waals surface area contributed by atoms with Crippen LogP contribution in [0.4, 0.5) is 0 Å². The Labute approximate surface area is 94.0 Å². The minimum Gasteiger partial charge on any atom is -0.378 e. The van der Waals surface area contributed by atoms with Crippen LogP contribution in [0.5, 0.6) is 0 Å². The molecule has 90 valence electrons. The number of ether oxygens (including phenoxy) is 1. The molecule has 0 aromatic heterocycles. The van der Waals surface area contributed by atoms with E-state index in [9.17, 15) is 0 Å². The maximum Gasteiger partial charge on any atom is 0.0645 e. The molecule has 0 amide bonds. The largest absolute Gasteiger partial charge is 0.378 e. The summed E-state index contributed by atoms with van der Waals surface area (Å²) in [6.45, 7) is 10.4. The van der Waals surface area contributed by atoms with Crippen LogP contribution < -0.4 is 5.73 Å². The monoisotopic (exact) mass is 214 g/mol. The Morgan fingerprint density at radius 1 is 1.47 bits per heavy atom. The zero-order chi connectivity index (χ0) is 11.3. The highest BCUT2D eigenvalue weighted by Gasteiger charge is 2.30. The van der Waals surface area contributed by atoms with Crippen molar-refractivity contribution in [3.05, 3.63) is 0 Å². The number of nitrogens with two attached hydrogens (primary N) is 1. The van der Waals surface area contributed by atoms with Gasteiger partial charge in [-0.15, -0.1) is 0 Å². The molecule has 2 N–H and O–H groups in total. The zero-order valence-electron chi connectivity index (χ0n) is 10.5. The molecule has 1 rings (SSSR count). The van der Waals surface area contributed by atoms with Crippen LogP contribution >= 0.6 is 0 Å². The molecule has 3 nitrogen and oxygen atoms in total. The van der Waals surface area contributed by atoms with Crippen molar-refractivity contribution in [1.29, 1.82) is 0 Å². The van der Waals surface area contributed by atoms with Gasteiger partial charge in [-0.1, -0.05) is 19.8 Å². The SMILES string of the molecule is CCCCC(N)CN1CCOCC1(C)C. The summed E-state index contributed by atoms with van der Waals surface area (Å²) in [6, 6.07) is 0.322. The number of morpholine rings is 1. The fraction of sp³-hybridized carbons (Fsp3) is 1.00. The van der Waals surface area contributed by atoms with Gasteiger partial charge < -0.3 is 10.5 Å². The molecule has 1 aliphatic heterocycles. The van der Waals surface area contributed by atoms with Gasteiger partial charge >= 0.3 is 0 Å². The van der Waals surface area contributed by atoms with E-state index in [4.69, 9.17) is 10.5 Å². The first-order valence-electron chi connectivity index (χ1n) is 6.14. The third-order valence-corrected chi connectivity index (χ3v) is 3.20. The van der Waals surface area contributed by atoms with Gasteiger partial charge in [0.25, 0.3) is 0 Å². The molecule has 0 aromatic rings. The van der Waals surface area contributed by atoms with Gasteiger partial charge in [0.1, 0.15) is 0 Å². The van der Waals surface area contributed by atoms with Crippen molar-refractivity contribution in [2.45, 2.75) is 51.6 Å². The molecule has 1 heterocycles. The second-order valence-electron chi connectivity index (χ2n) is 5.21. The Hall–Kier alpha value is -0.120. The molecule has 1 aliphatic rings. The molecule has 0 spiro atoms. The first kappa shape index (κ1) is 12.9. The average molecular weight is 214 g/mol. The Kier molecular flexibility index (Phi) is 5.03. The summed E-state index contributed by atoms with van der Waals surface area (Å²) < 4.78 is 5.50. The van der Waals surface area contributed by atoms with Crippen LogP contribution in [0.1, 0.15) is 40.0 Å². The standard InChI is InChI=1S/C12H26N2O/c1-4-5-6-11(13)9-14-7-8-15-10-12(14,2)3/h11H,4-10,13H2,1-3H3. The van der Waals surface area contributed by atoms with Crippen molar-refractivity contribution >= 4 is 0 Å². The Bertz CT molecular complexity index is 182. The molecule has 0 radical (unpaired) electrons. The maximum absolute atomic E-state index is 6.13. The lowest BCUT2D eigenvalue weighted by Crippen LogP contribution is -2.56. The smallest absolute Gasteiger partial charge is 0.0645 e. The number of nitrogens with zero attached hydrogens (tertiary/aromatic N) is 1. The number of hydrogen-bond acceptors (Lipinski definition) is 3. The van der Waals surface area contributed by atoms with Gasteiger partial charge in [0.05, 0.1) is 13.2 Å². The van der Waals surface area contributed by atoms with Crippen molar-refractivity contribution in [2.24, 2.45) is 5.73 Å². The Balaban J connectivity index is 2.34. The fourth-order valence-corrected chi connectivity index (χ4v) is 2.07. The van der Waals surface area contributed by atoms with Crippen molar-refractivity contribution in [1.82, 2.24) is 4.90 Å². The van der Waals surface area contributed by atoms with Gasteiger partial charge in [0.2, 0.25) is 0 Å². The van der Waals surface area contributed by atoms with Crippen LogP contribution in [-0.4, -0.2) is 42.8 Å². The Morgan fingerprint density at radius 3 is 2.80 bits per heavy atom. The maximum atomic E-state index is 6.13. The first-order valence-corrected chi connectivity index (χ1v) is 6.14. The van der Waals surface area contributed by atoms with Crippen molar-refractivity contribution in [3.8, 4) is 0 Å². The molecule has 0 aromatic carbocycles. The summed E-state index contributed by atoms with van der Waals surface area (Å²) in [4.78, 5) is 2.47. The summed E-state index contributed by atoms with van der Waals surface area (Å²) >= 11 is 0. The highest BCUT2D eigenvalue weighted by atomic mass is 16.5. The van der Waals surface area contributed by atoms with Gasteiger partial charge in [-0.05, 0) is 20.3 Å². The molecule has 15 heavy (non-hydrogen) atoms. The second kappa shape index (κ2) is 5.83. The van der Waals surface area contributed by atoms with Crippen molar-refractivity contribution < 1.29 is 4.74 Å². The molecule has 0 bridgehead atoms. The van der Waals surface area contributed by atoms with Gasteiger partial charge in [-0.25, -0.2) is 0 Å². The molecule has 1 saturated heterocycles. The highest BCUT2D eigenvalue weighted by molar-refractivity contribution is 4.86. The minimum atomic E-state index is 0.155. The van der Waals surface area contributed by atoms with E-state index in [0.717, 1.165) is 32.7 Å². The number of rotatable bonds is 5. The van der Waals surface area contributed by atoms with E-state index in [1.165, 1.54) is 12.8 Å². The molecule has 1 atom stereocenters. The highest BCUT2D eigenvalue weighted by Crippen LogP contribution is 2.19. The molecular weight excluding hydrogens is 188 g/mol. The van der Waals surface area contributed by atoms with Gasteiger partial charge in [-0.3, -0.25) is 4.90 Å². The van der Waals surface area contributed by atoms with Gasteiger partial charge in [-0.2, -0.15) is 0 Å². The lowest BCUT2D eigenvalue weighted by molar-refractivity contribution is -0.0533. The van der Waals surface area contributed by atoms with E-state index in [1.807, 2.05) is 0 Å². The van der Waals surface area contributed by atoms with Crippen molar-refractivity contribution in [3.63, 3.8) is 0 Å². The topological polar surface area (TPSA) is 38.5 Å². The predicted octanol–water partition coefficient (Wildman–Crippen LogP) is 1.61. The predicted molar refractivity (Wildman–Crippen MR) is 64.0 cm³/mol. The summed E-state index contributed by atoms with van der Waals surface area (Å²) in [5, 5.41) is 0. The van der Waals surface area contributed by atoms with Crippen LogP contribution in [0.25, 0.3) is 0 Å². The molecular formula is C12H26N2O. The summed E-state index contributed by atoms with van der Waals surface area (Å²) in [5.41, 5.74) is 6.28. The lowest BCUT2D eigenvalue weighted by Gasteiger charge is -2.43. The number of hydrogen-bond donors (Lipinski definition) is 1. The minimum absolute atomic E-state index is 0.155. The van der Waals surface area contributed by atoms with E-state index < -0.39 is 0 Å².